The molecular weight excluding hydrogens is 295 g/mol. The van der Waals surface area contributed by atoms with Crippen LogP contribution in [0.15, 0.2) is 24.3 Å². The summed E-state index contributed by atoms with van der Waals surface area (Å²) >= 11 is 12.1. The molecular formula is C11H10Cl2N2O4. The normalized spacial score (nSPS) is 15.6. The van der Waals surface area contributed by atoms with Crippen molar-refractivity contribution in [1.82, 2.24) is 4.90 Å². The summed E-state index contributed by atoms with van der Waals surface area (Å²) in [5.41, 5.74) is -0.00409. The summed E-state index contributed by atoms with van der Waals surface area (Å²) in [5.74, 6) is -0.547. The van der Waals surface area contributed by atoms with Crippen molar-refractivity contribution in [2.75, 3.05) is 19.9 Å². The smallest absolute Gasteiger partial charge is 0.269 e. The van der Waals surface area contributed by atoms with Crippen LogP contribution in [0.3, 0.4) is 0 Å². The molecule has 0 atom stereocenters. The molecule has 0 aliphatic carbocycles. The molecule has 1 fully saturated rings. The third-order valence-corrected chi connectivity index (χ3v) is 3.49. The topological polar surface area (TPSA) is 72.7 Å². The highest BCUT2D eigenvalue weighted by molar-refractivity contribution is 6.57. The number of nitro groups is 1. The molecule has 102 valence electrons. The van der Waals surface area contributed by atoms with Gasteiger partial charge in [-0.25, -0.2) is 0 Å². The van der Waals surface area contributed by atoms with Gasteiger partial charge in [0.15, 0.2) is 0 Å². The number of amides is 1. The van der Waals surface area contributed by atoms with E-state index in [9.17, 15) is 14.9 Å². The zero-order valence-corrected chi connectivity index (χ0v) is 11.2. The van der Waals surface area contributed by atoms with Crippen LogP contribution in [-0.2, 0) is 13.9 Å². The van der Waals surface area contributed by atoms with Crippen molar-refractivity contribution in [3.05, 3.63) is 39.9 Å². The van der Waals surface area contributed by atoms with Crippen LogP contribution in [0.25, 0.3) is 0 Å². The Morgan fingerprint density at radius 3 is 2.79 bits per heavy atom. The Labute approximate surface area is 119 Å². The molecule has 8 heteroatoms. The minimum atomic E-state index is -1.86. The van der Waals surface area contributed by atoms with Gasteiger partial charge in [0.25, 0.3) is 11.6 Å². The fourth-order valence-electron chi connectivity index (χ4n) is 1.71. The summed E-state index contributed by atoms with van der Waals surface area (Å²) < 4.78 is 3.19. The van der Waals surface area contributed by atoms with Crippen LogP contribution in [0.4, 0.5) is 5.69 Å². The average Bonchev–Trinajstić information content (AvgIpc) is 2.91. The maximum Gasteiger partial charge on any atom is 0.269 e. The van der Waals surface area contributed by atoms with Gasteiger partial charge in [0.05, 0.1) is 11.5 Å². The Morgan fingerprint density at radius 1 is 1.47 bits per heavy atom. The maximum absolute atomic E-state index is 12.2. The minimum Gasteiger partial charge on any atom is -0.359 e. The molecule has 0 unspecified atom stereocenters. The van der Waals surface area contributed by atoms with E-state index in [0.717, 1.165) is 0 Å². The number of carbonyl (C=O) groups excluding carboxylic acids is 1. The van der Waals surface area contributed by atoms with E-state index in [0.29, 0.717) is 13.2 Å². The molecule has 1 aromatic carbocycles. The number of alkyl halides is 2. The average molecular weight is 305 g/mol. The first kappa shape index (κ1) is 14.0. The third-order valence-electron chi connectivity index (χ3n) is 2.73. The number of non-ortho nitro benzene ring substituents is 1. The number of halogens is 2. The second kappa shape index (κ2) is 5.32. The molecule has 0 aromatic heterocycles. The lowest BCUT2D eigenvalue weighted by molar-refractivity contribution is -0.384. The predicted molar refractivity (Wildman–Crippen MR) is 69.0 cm³/mol. The lowest BCUT2D eigenvalue weighted by atomic mass is 10.1. The number of nitrogens with zero attached hydrogens (tertiary/aromatic N) is 2. The van der Waals surface area contributed by atoms with Crippen LogP contribution in [0.1, 0.15) is 5.56 Å². The van der Waals surface area contributed by atoms with Gasteiger partial charge in [0, 0.05) is 24.2 Å². The first-order valence-electron chi connectivity index (χ1n) is 5.43. The molecule has 6 nitrogen and oxygen atoms in total. The maximum atomic E-state index is 12.2. The molecule has 1 aliphatic heterocycles. The highest BCUT2D eigenvalue weighted by Gasteiger charge is 2.41. The highest BCUT2D eigenvalue weighted by atomic mass is 35.5. The Balaban J connectivity index is 2.29. The molecule has 0 spiro atoms. The van der Waals surface area contributed by atoms with Gasteiger partial charge in [-0.05, 0) is 0 Å². The molecule has 0 bridgehead atoms. The van der Waals surface area contributed by atoms with Crippen LogP contribution in [0.2, 0.25) is 0 Å². The van der Waals surface area contributed by atoms with Gasteiger partial charge in [0.2, 0.25) is 4.33 Å². The molecule has 1 saturated heterocycles. The Bertz CT molecular complexity index is 515. The fraction of sp³-hybridized carbons (Fsp3) is 0.364. The number of ether oxygens (including phenoxy) is 1. The molecule has 1 heterocycles. The summed E-state index contributed by atoms with van der Waals surface area (Å²) in [6.07, 6.45) is 0. The number of rotatable bonds is 3. The van der Waals surface area contributed by atoms with Gasteiger partial charge in [-0.2, -0.15) is 0 Å². The quantitative estimate of drug-likeness (QED) is 0.486. The van der Waals surface area contributed by atoms with E-state index in [2.05, 4.69) is 0 Å². The second-order valence-corrected chi connectivity index (χ2v) is 5.32. The van der Waals surface area contributed by atoms with Crippen molar-refractivity contribution >= 4 is 34.8 Å². The summed E-state index contributed by atoms with van der Waals surface area (Å²) in [7, 11) is 0. The lowest BCUT2D eigenvalue weighted by Gasteiger charge is -2.24. The minimum absolute atomic E-state index is 0.120. The Kier molecular flexibility index (Phi) is 3.93. The standard InChI is InChI=1S/C11H10Cl2N2O4/c12-11(13,10(16)14-4-5-19-7-14)8-2-1-3-9(6-8)15(17)18/h1-3,6H,4-5,7H2. The molecule has 1 aromatic rings. The number of benzene rings is 1. The van der Waals surface area contributed by atoms with Crippen LogP contribution in [-0.4, -0.2) is 35.6 Å². The molecule has 1 amide bonds. The van der Waals surface area contributed by atoms with Crippen molar-refractivity contribution < 1.29 is 14.5 Å². The van der Waals surface area contributed by atoms with Gasteiger partial charge < -0.3 is 9.64 Å². The van der Waals surface area contributed by atoms with E-state index in [1.165, 1.54) is 29.2 Å². The second-order valence-electron chi connectivity index (χ2n) is 3.99. The zero-order chi connectivity index (χ0) is 14.0. The van der Waals surface area contributed by atoms with Gasteiger partial charge in [-0.3, -0.25) is 14.9 Å². The Hall–Kier alpha value is -1.37. The number of carbonyl (C=O) groups is 1. The molecule has 19 heavy (non-hydrogen) atoms. The van der Waals surface area contributed by atoms with Crippen molar-refractivity contribution in [3.8, 4) is 0 Å². The largest absolute Gasteiger partial charge is 0.359 e. The van der Waals surface area contributed by atoms with Crippen LogP contribution < -0.4 is 0 Å². The number of hydrogen-bond acceptors (Lipinski definition) is 4. The molecule has 0 saturated carbocycles. The van der Waals surface area contributed by atoms with Gasteiger partial charge in [-0.15, -0.1) is 0 Å². The van der Waals surface area contributed by atoms with Gasteiger partial charge in [0.1, 0.15) is 6.73 Å². The van der Waals surface area contributed by atoms with E-state index < -0.39 is 15.2 Å². The molecule has 0 N–H and O–H groups in total. The zero-order valence-electron chi connectivity index (χ0n) is 9.71. The van der Waals surface area contributed by atoms with Crippen molar-refractivity contribution in [3.63, 3.8) is 0 Å². The number of nitro benzene ring substituents is 1. The van der Waals surface area contributed by atoms with Crippen LogP contribution >= 0.6 is 23.2 Å². The van der Waals surface area contributed by atoms with E-state index in [4.69, 9.17) is 27.9 Å². The van der Waals surface area contributed by atoms with E-state index in [1.807, 2.05) is 0 Å². The molecule has 1 aliphatic rings. The van der Waals surface area contributed by atoms with Gasteiger partial charge >= 0.3 is 0 Å². The highest BCUT2D eigenvalue weighted by Crippen LogP contribution is 2.37. The van der Waals surface area contributed by atoms with E-state index in [1.54, 1.807) is 0 Å². The van der Waals surface area contributed by atoms with Crippen LogP contribution in [0.5, 0.6) is 0 Å². The summed E-state index contributed by atoms with van der Waals surface area (Å²) in [6.45, 7) is 0.939. The van der Waals surface area contributed by atoms with E-state index in [-0.39, 0.29) is 18.0 Å². The monoisotopic (exact) mass is 304 g/mol. The number of hydrogen-bond donors (Lipinski definition) is 0. The SMILES string of the molecule is O=C(N1CCOC1)C(Cl)(Cl)c1cccc([N+](=O)[O-])c1. The van der Waals surface area contributed by atoms with Gasteiger partial charge in [-0.1, -0.05) is 35.3 Å². The molecule has 0 radical (unpaired) electrons. The summed E-state index contributed by atoms with van der Waals surface area (Å²) in [4.78, 5) is 23.7. The summed E-state index contributed by atoms with van der Waals surface area (Å²) in [5, 5.41) is 10.7. The molecule has 2 rings (SSSR count). The third kappa shape index (κ3) is 2.80. The Morgan fingerprint density at radius 2 is 2.21 bits per heavy atom. The predicted octanol–water partition coefficient (Wildman–Crippen LogP) is 2.04. The first-order valence-corrected chi connectivity index (χ1v) is 6.18. The fourth-order valence-corrected chi connectivity index (χ4v) is 2.19. The summed E-state index contributed by atoms with van der Waals surface area (Å²) in [6, 6.07) is 5.40. The van der Waals surface area contributed by atoms with Crippen molar-refractivity contribution in [1.29, 1.82) is 0 Å². The van der Waals surface area contributed by atoms with Crippen LogP contribution in [0, 0.1) is 10.1 Å². The lowest BCUT2D eigenvalue weighted by Crippen LogP contribution is -2.39. The van der Waals surface area contributed by atoms with Crippen molar-refractivity contribution in [2.24, 2.45) is 0 Å². The first-order chi connectivity index (χ1) is 8.93. The van der Waals surface area contributed by atoms with E-state index >= 15 is 0 Å². The van der Waals surface area contributed by atoms with Crippen molar-refractivity contribution in [2.45, 2.75) is 4.33 Å².